The lowest BCUT2D eigenvalue weighted by Crippen LogP contribution is -2.41. The fraction of sp³-hybridized carbons (Fsp3) is 0.611. The van der Waals surface area contributed by atoms with Gasteiger partial charge in [0.25, 0.3) is 5.56 Å². The lowest BCUT2D eigenvalue weighted by Gasteiger charge is -2.31. The Balaban J connectivity index is 1.63. The van der Waals surface area contributed by atoms with E-state index in [9.17, 15) is 9.59 Å². The monoisotopic (exact) mass is 363 g/mol. The fourth-order valence-electron chi connectivity index (χ4n) is 3.31. The van der Waals surface area contributed by atoms with Gasteiger partial charge in [0.2, 0.25) is 5.91 Å². The molecule has 3 heterocycles. The zero-order valence-corrected chi connectivity index (χ0v) is 15.9. The van der Waals surface area contributed by atoms with Crippen LogP contribution >= 0.6 is 11.3 Å². The van der Waals surface area contributed by atoms with Crippen LogP contribution in [0, 0.1) is 13.8 Å². The highest BCUT2D eigenvalue weighted by atomic mass is 32.1. The van der Waals surface area contributed by atoms with Crippen LogP contribution in [0.5, 0.6) is 0 Å². The molecule has 3 rings (SSSR count). The number of rotatable bonds is 5. The van der Waals surface area contributed by atoms with E-state index in [0.29, 0.717) is 18.4 Å². The Labute approximate surface area is 151 Å². The second-order valence-electron chi connectivity index (χ2n) is 6.49. The van der Waals surface area contributed by atoms with E-state index in [-0.39, 0.29) is 17.6 Å². The van der Waals surface area contributed by atoms with Crippen molar-refractivity contribution in [2.45, 2.75) is 52.7 Å². The van der Waals surface area contributed by atoms with Gasteiger partial charge >= 0.3 is 0 Å². The van der Waals surface area contributed by atoms with Gasteiger partial charge in [-0.05, 0) is 39.2 Å². The zero-order valence-electron chi connectivity index (χ0n) is 15.1. The maximum absolute atomic E-state index is 12.7. The van der Waals surface area contributed by atoms with Crippen molar-refractivity contribution in [3.63, 3.8) is 0 Å². The molecule has 1 fully saturated rings. The summed E-state index contributed by atoms with van der Waals surface area (Å²) >= 11 is 1.54. The summed E-state index contributed by atoms with van der Waals surface area (Å²) in [5.41, 5.74) is 0.950. The van der Waals surface area contributed by atoms with E-state index in [0.717, 1.165) is 47.8 Å². The first-order chi connectivity index (χ1) is 12.0. The molecule has 25 heavy (non-hydrogen) atoms. The predicted octanol–water partition coefficient (Wildman–Crippen LogP) is 2.49. The summed E-state index contributed by atoms with van der Waals surface area (Å²) in [4.78, 5) is 33.2. The minimum absolute atomic E-state index is 0.0466. The molecule has 1 saturated heterocycles. The number of fused-ring (bicyclic) bond motifs is 1. The maximum atomic E-state index is 12.7. The fourth-order valence-corrected chi connectivity index (χ4v) is 4.30. The Bertz CT molecular complexity index is 819. The number of nitrogens with zero attached hydrogens (tertiary/aromatic N) is 3. The van der Waals surface area contributed by atoms with Gasteiger partial charge in [0, 0.05) is 37.5 Å². The quantitative estimate of drug-likeness (QED) is 0.819. The Morgan fingerprint density at radius 2 is 2.08 bits per heavy atom. The molecule has 6 nitrogen and oxygen atoms in total. The van der Waals surface area contributed by atoms with E-state index < -0.39 is 0 Å². The Hall–Kier alpha value is -1.73. The summed E-state index contributed by atoms with van der Waals surface area (Å²) in [6.45, 7) is 8.52. The van der Waals surface area contributed by atoms with Crippen molar-refractivity contribution in [2.75, 3.05) is 19.7 Å². The van der Waals surface area contributed by atoms with Crippen molar-refractivity contribution >= 4 is 27.5 Å². The van der Waals surface area contributed by atoms with Gasteiger partial charge in [-0.1, -0.05) is 0 Å². The van der Waals surface area contributed by atoms with Crippen LogP contribution < -0.4 is 5.56 Å². The molecule has 136 valence electrons. The Morgan fingerprint density at radius 1 is 1.36 bits per heavy atom. The second-order valence-corrected chi connectivity index (χ2v) is 7.70. The minimum atomic E-state index is -0.0466. The summed E-state index contributed by atoms with van der Waals surface area (Å²) < 4.78 is 7.18. The molecule has 0 aliphatic carbocycles. The molecule has 2 aromatic rings. The van der Waals surface area contributed by atoms with Crippen LogP contribution in [-0.2, 0) is 16.1 Å². The third-order valence-corrected chi connectivity index (χ3v) is 6.03. The molecule has 2 aromatic heterocycles. The van der Waals surface area contributed by atoms with Gasteiger partial charge in [-0.2, -0.15) is 0 Å². The number of thiophene rings is 1. The van der Waals surface area contributed by atoms with Gasteiger partial charge in [0.1, 0.15) is 4.83 Å². The number of hydrogen-bond acceptors (Lipinski definition) is 5. The lowest BCUT2D eigenvalue weighted by atomic mass is 10.1. The molecular weight excluding hydrogens is 338 g/mol. The van der Waals surface area contributed by atoms with Crippen molar-refractivity contribution in [2.24, 2.45) is 0 Å². The summed E-state index contributed by atoms with van der Waals surface area (Å²) in [5, 5.41) is 0.690. The molecule has 0 radical (unpaired) electrons. The van der Waals surface area contributed by atoms with Gasteiger partial charge in [-0.3, -0.25) is 14.2 Å². The van der Waals surface area contributed by atoms with E-state index in [1.807, 2.05) is 25.7 Å². The van der Waals surface area contributed by atoms with Crippen molar-refractivity contribution in [1.29, 1.82) is 0 Å². The number of piperidine rings is 1. The molecule has 0 N–H and O–H groups in total. The number of likely N-dealkylation sites (tertiary alicyclic amines) is 1. The summed E-state index contributed by atoms with van der Waals surface area (Å²) in [6, 6.07) is 0. The molecule has 1 amide bonds. The SMILES string of the molecule is CCOC1CCN(C(=O)CCn2cnc3sc(C)c(C)c3c2=O)CC1. The van der Waals surface area contributed by atoms with E-state index in [1.165, 1.54) is 0 Å². The topological polar surface area (TPSA) is 64.4 Å². The molecular formula is C18H25N3O3S. The third-order valence-electron chi connectivity index (χ3n) is 4.92. The van der Waals surface area contributed by atoms with Crippen molar-refractivity contribution in [1.82, 2.24) is 14.5 Å². The van der Waals surface area contributed by atoms with Gasteiger partial charge in [-0.15, -0.1) is 11.3 Å². The molecule has 0 spiro atoms. The number of amides is 1. The molecule has 0 saturated carbocycles. The normalized spacial score (nSPS) is 15.9. The average Bonchev–Trinajstić information content (AvgIpc) is 2.90. The number of hydrogen-bond donors (Lipinski definition) is 0. The van der Waals surface area contributed by atoms with Gasteiger partial charge in [-0.25, -0.2) is 4.98 Å². The number of carbonyl (C=O) groups excluding carboxylic acids is 1. The average molecular weight is 363 g/mol. The van der Waals surface area contributed by atoms with Gasteiger partial charge < -0.3 is 9.64 Å². The largest absolute Gasteiger partial charge is 0.378 e. The number of carbonyl (C=O) groups is 1. The van der Waals surface area contributed by atoms with Crippen molar-refractivity contribution < 1.29 is 9.53 Å². The standard InChI is InChI=1S/C18H25N3O3S/c1-4-24-14-5-8-20(9-6-14)15(22)7-10-21-11-19-17-16(18(21)23)12(2)13(3)25-17/h11,14H,4-10H2,1-3H3. The first kappa shape index (κ1) is 18.1. The first-order valence-corrected chi connectivity index (χ1v) is 9.67. The summed E-state index contributed by atoms with van der Waals surface area (Å²) in [6.07, 6.45) is 3.94. The van der Waals surface area contributed by atoms with Crippen molar-refractivity contribution in [3.05, 3.63) is 27.1 Å². The number of ether oxygens (including phenoxy) is 1. The minimum Gasteiger partial charge on any atom is -0.378 e. The molecule has 0 atom stereocenters. The summed E-state index contributed by atoms with van der Waals surface area (Å²) in [7, 11) is 0. The van der Waals surface area contributed by atoms with Gasteiger partial charge in [0.05, 0.1) is 17.8 Å². The van der Waals surface area contributed by atoms with Crippen LogP contribution in [0.25, 0.3) is 10.2 Å². The maximum Gasteiger partial charge on any atom is 0.262 e. The van der Waals surface area contributed by atoms with E-state index in [2.05, 4.69) is 4.98 Å². The number of aromatic nitrogens is 2. The van der Waals surface area contributed by atoms with E-state index in [4.69, 9.17) is 4.74 Å². The van der Waals surface area contributed by atoms with Crippen LogP contribution in [0.15, 0.2) is 11.1 Å². The smallest absolute Gasteiger partial charge is 0.262 e. The van der Waals surface area contributed by atoms with E-state index >= 15 is 0 Å². The predicted molar refractivity (Wildman–Crippen MR) is 99.2 cm³/mol. The van der Waals surface area contributed by atoms with Crippen LogP contribution in [-0.4, -0.2) is 46.2 Å². The molecule has 0 bridgehead atoms. The van der Waals surface area contributed by atoms with E-state index in [1.54, 1.807) is 22.2 Å². The molecule has 0 unspecified atom stereocenters. The highest BCUT2D eigenvalue weighted by Crippen LogP contribution is 2.25. The lowest BCUT2D eigenvalue weighted by molar-refractivity contribution is -0.134. The molecule has 7 heteroatoms. The highest BCUT2D eigenvalue weighted by Gasteiger charge is 2.23. The first-order valence-electron chi connectivity index (χ1n) is 8.85. The number of aryl methyl sites for hydroxylation is 3. The van der Waals surface area contributed by atoms with Gasteiger partial charge in [0.15, 0.2) is 0 Å². The van der Waals surface area contributed by atoms with Crippen LogP contribution in [0.4, 0.5) is 0 Å². The molecule has 0 aromatic carbocycles. The summed E-state index contributed by atoms with van der Waals surface area (Å²) in [5.74, 6) is 0.0974. The molecule has 1 aliphatic rings. The van der Waals surface area contributed by atoms with Crippen LogP contribution in [0.1, 0.15) is 36.6 Å². The van der Waals surface area contributed by atoms with Crippen molar-refractivity contribution in [3.8, 4) is 0 Å². The third kappa shape index (κ3) is 3.77. The highest BCUT2D eigenvalue weighted by molar-refractivity contribution is 7.18. The zero-order chi connectivity index (χ0) is 18.0. The van der Waals surface area contributed by atoms with Crippen LogP contribution in [0.2, 0.25) is 0 Å². The van der Waals surface area contributed by atoms with Crippen LogP contribution in [0.3, 0.4) is 0 Å². The Morgan fingerprint density at radius 3 is 2.76 bits per heavy atom. The molecule has 1 aliphatic heterocycles. The second kappa shape index (κ2) is 7.66. The Kier molecular flexibility index (Phi) is 5.54.